The second kappa shape index (κ2) is 6.70. The molecule has 0 radical (unpaired) electrons. The van der Waals surface area contributed by atoms with Gasteiger partial charge >= 0.3 is 0 Å². The maximum Gasteiger partial charge on any atom is 0.0499 e. The van der Waals surface area contributed by atoms with Crippen LogP contribution in [0.4, 0.5) is 0 Å². The summed E-state index contributed by atoms with van der Waals surface area (Å²) in [4.78, 5) is 0. The molecule has 0 saturated carbocycles. The number of rotatable bonds is 4. The number of hydrogen-bond donors (Lipinski definition) is 0. The summed E-state index contributed by atoms with van der Waals surface area (Å²) in [6.45, 7) is 6.53. The summed E-state index contributed by atoms with van der Waals surface area (Å²) in [7, 11) is 0. The fraction of sp³-hybridized carbons (Fsp3) is 0.182. The Morgan fingerprint density at radius 1 is 0.870 bits per heavy atom. The van der Waals surface area contributed by atoms with Gasteiger partial charge in [0.15, 0.2) is 0 Å². The number of hydrogen-bond acceptors (Lipinski definition) is 0. The van der Waals surface area contributed by atoms with Crippen molar-refractivity contribution in [1.82, 2.24) is 4.57 Å². The summed E-state index contributed by atoms with van der Waals surface area (Å²) < 4.78 is 2.43. The fourth-order valence-electron chi connectivity index (χ4n) is 3.17. The van der Waals surface area contributed by atoms with E-state index in [1.807, 2.05) is 6.92 Å². The third kappa shape index (κ3) is 2.87. The van der Waals surface area contributed by atoms with Gasteiger partial charge in [-0.05, 0) is 38.5 Å². The SMILES string of the molecule is C/C=C/C=C/c1c(-c2ccccc2)c2ccccc2n1C(C)C. The monoisotopic (exact) mass is 301 g/mol. The first-order valence-corrected chi connectivity index (χ1v) is 8.21. The number of fused-ring (bicyclic) bond motifs is 1. The van der Waals surface area contributed by atoms with Crippen LogP contribution >= 0.6 is 0 Å². The highest BCUT2D eigenvalue weighted by atomic mass is 15.0. The normalized spacial score (nSPS) is 12.2. The molecule has 0 N–H and O–H groups in total. The highest BCUT2D eigenvalue weighted by molar-refractivity contribution is 6.01. The van der Waals surface area contributed by atoms with Gasteiger partial charge in [-0.15, -0.1) is 0 Å². The van der Waals surface area contributed by atoms with Crippen molar-refractivity contribution in [1.29, 1.82) is 0 Å². The Hall–Kier alpha value is -2.54. The Labute approximate surface area is 138 Å². The molecule has 116 valence electrons. The van der Waals surface area contributed by atoms with Gasteiger partial charge in [-0.3, -0.25) is 0 Å². The van der Waals surface area contributed by atoms with Crippen molar-refractivity contribution in [3.05, 3.63) is 78.5 Å². The molecule has 1 heterocycles. The van der Waals surface area contributed by atoms with Crippen molar-refractivity contribution < 1.29 is 0 Å². The van der Waals surface area contributed by atoms with Crippen molar-refractivity contribution >= 4 is 17.0 Å². The lowest BCUT2D eigenvalue weighted by molar-refractivity contribution is 0.619. The second-order valence-corrected chi connectivity index (χ2v) is 5.99. The Balaban J connectivity index is 2.38. The predicted octanol–water partition coefficient (Wildman–Crippen LogP) is 6.48. The summed E-state index contributed by atoms with van der Waals surface area (Å²) in [5.41, 5.74) is 5.14. The van der Waals surface area contributed by atoms with Crippen molar-refractivity contribution in [2.24, 2.45) is 0 Å². The van der Waals surface area contributed by atoms with Crippen LogP contribution in [0.15, 0.2) is 72.8 Å². The quantitative estimate of drug-likeness (QED) is 0.486. The Bertz CT molecular complexity index is 848. The first-order valence-electron chi connectivity index (χ1n) is 8.21. The smallest absolute Gasteiger partial charge is 0.0499 e. The number of allylic oxidation sites excluding steroid dienone is 3. The van der Waals surface area contributed by atoms with E-state index in [2.05, 4.69) is 97.3 Å². The van der Waals surface area contributed by atoms with Gasteiger partial charge in [0.25, 0.3) is 0 Å². The molecule has 1 nitrogen and oxygen atoms in total. The molecule has 0 bridgehead atoms. The van der Waals surface area contributed by atoms with E-state index in [1.54, 1.807) is 0 Å². The first-order chi connectivity index (χ1) is 11.2. The molecule has 1 heteroatoms. The van der Waals surface area contributed by atoms with E-state index in [-0.39, 0.29) is 0 Å². The summed E-state index contributed by atoms with van der Waals surface area (Å²) in [5.74, 6) is 0. The van der Waals surface area contributed by atoms with Crippen LogP contribution in [0.25, 0.3) is 28.1 Å². The van der Waals surface area contributed by atoms with Crippen molar-refractivity contribution in [2.75, 3.05) is 0 Å². The van der Waals surface area contributed by atoms with Gasteiger partial charge < -0.3 is 4.57 Å². The van der Waals surface area contributed by atoms with Gasteiger partial charge in [-0.2, -0.15) is 0 Å². The first kappa shape index (κ1) is 15.4. The maximum absolute atomic E-state index is 2.43. The van der Waals surface area contributed by atoms with E-state index in [0.717, 1.165) is 0 Å². The van der Waals surface area contributed by atoms with E-state index >= 15 is 0 Å². The molecule has 0 atom stereocenters. The van der Waals surface area contributed by atoms with E-state index in [4.69, 9.17) is 0 Å². The third-order valence-corrected chi connectivity index (χ3v) is 4.09. The molecule has 3 rings (SSSR count). The van der Waals surface area contributed by atoms with E-state index in [0.29, 0.717) is 6.04 Å². The molecule has 0 amide bonds. The minimum Gasteiger partial charge on any atom is -0.338 e. The molecule has 2 aromatic carbocycles. The van der Waals surface area contributed by atoms with Crippen LogP contribution in [0, 0.1) is 0 Å². The summed E-state index contributed by atoms with van der Waals surface area (Å²) in [5, 5.41) is 1.31. The Morgan fingerprint density at radius 3 is 2.26 bits per heavy atom. The van der Waals surface area contributed by atoms with Crippen LogP contribution in [0.3, 0.4) is 0 Å². The molecule has 0 aliphatic heterocycles. The summed E-state index contributed by atoms with van der Waals surface area (Å²) in [6, 6.07) is 19.8. The predicted molar refractivity (Wildman–Crippen MR) is 102 cm³/mol. The zero-order valence-corrected chi connectivity index (χ0v) is 14.0. The second-order valence-electron chi connectivity index (χ2n) is 5.99. The molecule has 23 heavy (non-hydrogen) atoms. The van der Waals surface area contributed by atoms with Gasteiger partial charge in [-0.1, -0.05) is 66.8 Å². The highest BCUT2D eigenvalue weighted by Crippen LogP contribution is 2.37. The van der Waals surface area contributed by atoms with Crippen LogP contribution in [0.2, 0.25) is 0 Å². The molecule has 1 aromatic heterocycles. The van der Waals surface area contributed by atoms with Crippen LogP contribution in [0.5, 0.6) is 0 Å². The molecule has 0 unspecified atom stereocenters. The molecule has 0 saturated heterocycles. The molecule has 3 aromatic rings. The lowest BCUT2D eigenvalue weighted by Gasteiger charge is -2.13. The zero-order chi connectivity index (χ0) is 16.2. The number of aromatic nitrogens is 1. The minimum absolute atomic E-state index is 0.405. The van der Waals surface area contributed by atoms with Crippen molar-refractivity contribution in [3.8, 4) is 11.1 Å². The minimum atomic E-state index is 0.405. The van der Waals surface area contributed by atoms with Gasteiger partial charge in [0.2, 0.25) is 0 Å². The van der Waals surface area contributed by atoms with Crippen LogP contribution in [0.1, 0.15) is 32.5 Å². The molecular formula is C22H23N. The Morgan fingerprint density at radius 2 is 1.57 bits per heavy atom. The average Bonchev–Trinajstić information content (AvgIpc) is 2.90. The molecule has 0 aliphatic carbocycles. The summed E-state index contributed by atoms with van der Waals surface area (Å²) >= 11 is 0. The topological polar surface area (TPSA) is 4.93 Å². The van der Waals surface area contributed by atoms with Gasteiger partial charge in [-0.25, -0.2) is 0 Å². The van der Waals surface area contributed by atoms with Gasteiger partial charge in [0, 0.05) is 28.2 Å². The highest BCUT2D eigenvalue weighted by Gasteiger charge is 2.17. The average molecular weight is 301 g/mol. The van der Waals surface area contributed by atoms with Gasteiger partial charge in [0.1, 0.15) is 0 Å². The summed E-state index contributed by atoms with van der Waals surface area (Å²) in [6.07, 6.45) is 8.49. The number of nitrogens with zero attached hydrogens (tertiary/aromatic N) is 1. The number of para-hydroxylation sites is 1. The molecule has 0 fully saturated rings. The van der Waals surface area contributed by atoms with Crippen LogP contribution < -0.4 is 0 Å². The third-order valence-electron chi connectivity index (χ3n) is 4.09. The van der Waals surface area contributed by atoms with Crippen molar-refractivity contribution in [3.63, 3.8) is 0 Å². The zero-order valence-electron chi connectivity index (χ0n) is 14.0. The maximum atomic E-state index is 2.43. The van der Waals surface area contributed by atoms with Crippen LogP contribution in [-0.2, 0) is 0 Å². The lowest BCUT2D eigenvalue weighted by Crippen LogP contribution is -2.02. The largest absolute Gasteiger partial charge is 0.338 e. The molecular weight excluding hydrogens is 278 g/mol. The Kier molecular flexibility index (Phi) is 4.47. The van der Waals surface area contributed by atoms with Gasteiger partial charge in [0.05, 0.1) is 0 Å². The standard InChI is InChI=1S/C22H23N/c1-4-5-7-16-21-22(18-12-8-6-9-13-18)19-14-10-11-15-20(19)23(21)17(2)3/h4-17H,1-3H3/b5-4+,16-7+. The lowest BCUT2D eigenvalue weighted by atomic mass is 10.0. The van der Waals surface area contributed by atoms with E-state index in [1.165, 1.54) is 27.7 Å². The fourth-order valence-corrected chi connectivity index (χ4v) is 3.17. The number of benzene rings is 2. The van der Waals surface area contributed by atoms with Crippen LogP contribution in [-0.4, -0.2) is 4.57 Å². The van der Waals surface area contributed by atoms with E-state index in [9.17, 15) is 0 Å². The molecule has 0 aliphatic rings. The van der Waals surface area contributed by atoms with E-state index < -0.39 is 0 Å². The molecule has 0 spiro atoms. The van der Waals surface area contributed by atoms with Crippen molar-refractivity contribution in [2.45, 2.75) is 26.8 Å².